The molecule has 2 aromatic heterocycles. The van der Waals surface area contributed by atoms with Crippen molar-refractivity contribution >= 4 is 28.7 Å². The first-order valence-electron chi connectivity index (χ1n) is 16.2. The van der Waals surface area contributed by atoms with Gasteiger partial charge in [0.2, 0.25) is 5.91 Å². The maximum Gasteiger partial charge on any atom is 0.334 e. The lowest BCUT2D eigenvalue weighted by Gasteiger charge is -2.36. The van der Waals surface area contributed by atoms with Gasteiger partial charge in [0.05, 0.1) is 22.7 Å². The molecule has 1 atom stereocenters. The number of aromatic nitrogens is 3. The average molecular weight is 649 g/mol. The number of nitrogen functional groups attached to an aromatic ring is 1. The largest absolute Gasteiger partial charge is 0.457 e. The Balaban J connectivity index is 1.27. The smallest absolute Gasteiger partial charge is 0.334 e. The normalized spacial score (nSPS) is 17.7. The Morgan fingerprint density at radius 2 is 1.67 bits per heavy atom. The van der Waals surface area contributed by atoms with E-state index in [4.69, 9.17) is 10.5 Å². The average Bonchev–Trinajstić information content (AvgIpc) is 3.40. The first-order valence-corrected chi connectivity index (χ1v) is 16.2. The van der Waals surface area contributed by atoms with Crippen molar-refractivity contribution in [3.63, 3.8) is 0 Å². The summed E-state index contributed by atoms with van der Waals surface area (Å²) in [4.78, 5) is 51.2. The standard InChI is InChI=1S/C36H40N8O4/c1-36(2,34(46)41-20-18-40(3)19-21-41)22-25(23-37)33(45)42-17-7-8-27(24-42)43-30-15-16-39-32(38)31(30)44(35(43)47)26-11-13-29(14-12-26)48-28-9-5-4-6-10-28/h4-6,9-16,22,27H,7-8,17-21,24H2,1-3H3,(H2,38,39)/t27-/m1/s1. The number of ether oxygens (including phenoxy) is 1. The number of anilines is 1. The second kappa shape index (κ2) is 13.4. The summed E-state index contributed by atoms with van der Waals surface area (Å²) in [6, 6.07) is 20.0. The first-order chi connectivity index (χ1) is 23.1. The number of hydrogen-bond donors (Lipinski definition) is 1. The summed E-state index contributed by atoms with van der Waals surface area (Å²) in [7, 11) is 2.02. The van der Waals surface area contributed by atoms with Gasteiger partial charge < -0.3 is 25.2 Å². The Kier molecular flexibility index (Phi) is 9.06. The minimum Gasteiger partial charge on any atom is -0.457 e. The van der Waals surface area contributed by atoms with Crippen LogP contribution in [0, 0.1) is 16.7 Å². The number of benzene rings is 2. The molecular formula is C36H40N8O4. The Hall–Kier alpha value is -5.41. The highest BCUT2D eigenvalue weighted by atomic mass is 16.5. The lowest BCUT2D eigenvalue weighted by molar-refractivity contribution is -0.139. The van der Waals surface area contributed by atoms with Gasteiger partial charge in [-0.05, 0) is 82.3 Å². The molecule has 12 nitrogen and oxygen atoms in total. The Labute approximate surface area is 279 Å². The zero-order valence-corrected chi connectivity index (χ0v) is 27.5. The van der Waals surface area contributed by atoms with Crippen LogP contribution in [0.2, 0.25) is 0 Å². The second-order valence-corrected chi connectivity index (χ2v) is 13.0. The molecule has 4 heterocycles. The zero-order chi connectivity index (χ0) is 34.0. The fraction of sp³-hybridized carbons (Fsp3) is 0.361. The number of piperazine rings is 1. The van der Waals surface area contributed by atoms with Gasteiger partial charge in [-0.25, -0.2) is 9.78 Å². The number of fused-ring (bicyclic) bond motifs is 1. The molecular weight excluding hydrogens is 608 g/mol. The number of nitrogens with zero attached hydrogens (tertiary/aromatic N) is 7. The molecule has 4 aromatic rings. The van der Waals surface area contributed by atoms with E-state index >= 15 is 0 Å². The lowest BCUT2D eigenvalue weighted by atomic mass is 9.88. The van der Waals surface area contributed by atoms with Crippen LogP contribution in [-0.4, -0.2) is 86.9 Å². The van der Waals surface area contributed by atoms with Crippen LogP contribution < -0.4 is 16.2 Å². The van der Waals surface area contributed by atoms with Crippen molar-refractivity contribution in [1.29, 1.82) is 5.26 Å². The minimum atomic E-state index is -1.04. The van der Waals surface area contributed by atoms with Crippen LogP contribution in [0.5, 0.6) is 11.5 Å². The third-order valence-corrected chi connectivity index (χ3v) is 9.13. The van der Waals surface area contributed by atoms with E-state index in [0.29, 0.717) is 60.7 Å². The van der Waals surface area contributed by atoms with Crippen LogP contribution in [0.1, 0.15) is 32.7 Å². The summed E-state index contributed by atoms with van der Waals surface area (Å²) < 4.78 is 9.15. The van der Waals surface area contributed by atoms with Gasteiger partial charge in [0.25, 0.3) is 5.91 Å². The van der Waals surface area contributed by atoms with E-state index in [1.165, 1.54) is 10.6 Å². The molecule has 2 aliphatic rings. The van der Waals surface area contributed by atoms with Crippen LogP contribution in [0.3, 0.4) is 0 Å². The number of piperidine rings is 1. The van der Waals surface area contributed by atoms with Gasteiger partial charge >= 0.3 is 5.69 Å². The highest BCUT2D eigenvalue weighted by Crippen LogP contribution is 2.31. The van der Waals surface area contributed by atoms with Gasteiger partial charge in [0.1, 0.15) is 34.5 Å². The number of pyridine rings is 1. The van der Waals surface area contributed by atoms with Gasteiger partial charge in [0, 0.05) is 45.5 Å². The molecule has 2 aliphatic heterocycles. The maximum absolute atomic E-state index is 14.2. The van der Waals surface area contributed by atoms with E-state index in [1.807, 2.05) is 37.4 Å². The Morgan fingerprint density at radius 3 is 2.35 bits per heavy atom. The molecule has 2 amide bonds. The molecule has 6 rings (SSSR count). The van der Waals surface area contributed by atoms with E-state index in [2.05, 4.69) is 16.0 Å². The number of carbonyl (C=O) groups is 2. The molecule has 2 N–H and O–H groups in total. The van der Waals surface area contributed by atoms with Gasteiger partial charge in [-0.2, -0.15) is 5.26 Å². The van der Waals surface area contributed by atoms with Gasteiger partial charge in [-0.15, -0.1) is 0 Å². The lowest BCUT2D eigenvalue weighted by Crippen LogP contribution is -2.50. The summed E-state index contributed by atoms with van der Waals surface area (Å²) in [5.41, 5.74) is 6.61. The van der Waals surface area contributed by atoms with Crippen LogP contribution >= 0.6 is 0 Å². The molecule has 0 bridgehead atoms. The third kappa shape index (κ3) is 6.41. The molecule has 0 aliphatic carbocycles. The first kappa shape index (κ1) is 32.5. The number of likely N-dealkylation sites (N-methyl/N-ethyl adjacent to an activating group) is 1. The highest BCUT2D eigenvalue weighted by molar-refractivity contribution is 5.99. The number of hydrogen-bond acceptors (Lipinski definition) is 8. The van der Waals surface area contributed by atoms with Crippen molar-refractivity contribution in [3.05, 3.63) is 89.0 Å². The van der Waals surface area contributed by atoms with Gasteiger partial charge in [0.15, 0.2) is 0 Å². The summed E-state index contributed by atoms with van der Waals surface area (Å²) in [6.45, 7) is 6.88. The molecule has 0 radical (unpaired) electrons. The van der Waals surface area contributed by atoms with Crippen molar-refractivity contribution in [3.8, 4) is 23.3 Å². The van der Waals surface area contributed by atoms with Gasteiger partial charge in [-0.3, -0.25) is 18.7 Å². The number of amides is 2. The molecule has 0 saturated carbocycles. The van der Waals surface area contributed by atoms with Crippen molar-refractivity contribution in [2.45, 2.75) is 32.7 Å². The van der Waals surface area contributed by atoms with E-state index in [-0.39, 0.29) is 35.6 Å². The van der Waals surface area contributed by atoms with Crippen molar-refractivity contribution < 1.29 is 14.3 Å². The Morgan fingerprint density at radius 1 is 0.979 bits per heavy atom. The highest BCUT2D eigenvalue weighted by Gasteiger charge is 2.35. The molecule has 0 unspecified atom stereocenters. The number of carbonyl (C=O) groups excluding carboxylic acids is 2. The number of nitriles is 1. The maximum atomic E-state index is 14.2. The number of rotatable bonds is 7. The topological polar surface area (TPSA) is 143 Å². The summed E-state index contributed by atoms with van der Waals surface area (Å²) in [5.74, 6) is 0.956. The predicted molar refractivity (Wildman–Crippen MR) is 183 cm³/mol. The molecule has 48 heavy (non-hydrogen) atoms. The summed E-state index contributed by atoms with van der Waals surface area (Å²) in [6.07, 6.45) is 4.34. The van der Waals surface area contributed by atoms with E-state index in [1.54, 1.807) is 64.7 Å². The second-order valence-electron chi connectivity index (χ2n) is 13.0. The van der Waals surface area contributed by atoms with Crippen molar-refractivity contribution in [1.82, 2.24) is 28.8 Å². The van der Waals surface area contributed by atoms with Gasteiger partial charge in [-0.1, -0.05) is 18.2 Å². The van der Waals surface area contributed by atoms with E-state index in [0.717, 1.165) is 13.1 Å². The predicted octanol–water partition coefficient (Wildman–Crippen LogP) is 3.98. The molecule has 2 fully saturated rings. The Bertz CT molecular complexity index is 1950. The number of nitrogens with two attached hydrogens (primary N) is 1. The number of imidazole rings is 1. The van der Waals surface area contributed by atoms with Crippen molar-refractivity contribution in [2.24, 2.45) is 5.41 Å². The van der Waals surface area contributed by atoms with E-state index < -0.39 is 11.3 Å². The quantitative estimate of drug-likeness (QED) is 0.234. The molecule has 0 spiro atoms. The molecule has 2 saturated heterocycles. The number of likely N-dealkylation sites (tertiary alicyclic amines) is 1. The molecule has 12 heteroatoms. The monoisotopic (exact) mass is 648 g/mol. The summed E-state index contributed by atoms with van der Waals surface area (Å²) in [5, 5.41) is 10.1. The fourth-order valence-electron chi connectivity index (χ4n) is 6.57. The van der Waals surface area contributed by atoms with Crippen molar-refractivity contribution in [2.75, 3.05) is 52.0 Å². The molecule has 2 aromatic carbocycles. The van der Waals surface area contributed by atoms with Crippen LogP contribution in [-0.2, 0) is 9.59 Å². The van der Waals surface area contributed by atoms with Crippen LogP contribution in [0.25, 0.3) is 16.7 Å². The third-order valence-electron chi connectivity index (χ3n) is 9.13. The number of para-hydroxylation sites is 1. The van der Waals surface area contributed by atoms with E-state index in [9.17, 15) is 19.6 Å². The minimum absolute atomic E-state index is 0.0795. The van der Waals surface area contributed by atoms with Crippen LogP contribution in [0.15, 0.2) is 83.3 Å². The zero-order valence-electron chi connectivity index (χ0n) is 27.5. The SMILES string of the molecule is CN1CCN(C(=O)C(C)(C)C=C(C#N)C(=O)N2CCC[C@@H](n3c(=O)n(-c4ccc(Oc5ccccc5)cc4)c4c(N)nccc43)C2)CC1. The summed E-state index contributed by atoms with van der Waals surface area (Å²) >= 11 is 0. The molecule has 248 valence electrons. The fourth-order valence-corrected chi connectivity index (χ4v) is 6.57. The van der Waals surface area contributed by atoms with Crippen LogP contribution in [0.4, 0.5) is 5.82 Å².